The molecule has 0 aliphatic heterocycles. The summed E-state index contributed by atoms with van der Waals surface area (Å²) in [5.41, 5.74) is 1.64. The fourth-order valence-corrected chi connectivity index (χ4v) is 3.93. The lowest BCUT2D eigenvalue weighted by Crippen LogP contribution is -2.19. The number of hydrazone groups is 1. The highest BCUT2D eigenvalue weighted by Gasteiger charge is 2.13. The second kappa shape index (κ2) is 6.29. The zero-order valence-electron chi connectivity index (χ0n) is 11.8. The lowest BCUT2D eigenvalue weighted by atomic mass is 10.2. The van der Waals surface area contributed by atoms with Crippen molar-refractivity contribution < 1.29 is 8.42 Å². The van der Waals surface area contributed by atoms with Crippen LogP contribution in [0.25, 0.3) is 0 Å². The van der Waals surface area contributed by atoms with E-state index in [9.17, 15) is 8.42 Å². The van der Waals surface area contributed by atoms with Crippen LogP contribution in [0.1, 0.15) is 22.2 Å². The van der Waals surface area contributed by atoms with Gasteiger partial charge in [0.05, 0.1) is 15.5 Å². The molecule has 4 nitrogen and oxygen atoms in total. The highest BCUT2D eigenvalue weighted by Crippen LogP contribution is 2.26. The molecule has 0 amide bonds. The molecule has 1 N–H and O–H groups in total. The molecule has 1 aromatic carbocycles. The third kappa shape index (κ3) is 3.93. The van der Waals surface area contributed by atoms with Gasteiger partial charge in [-0.15, -0.1) is 11.3 Å². The molecule has 0 saturated carbocycles. The van der Waals surface area contributed by atoms with Gasteiger partial charge in [0.1, 0.15) is 0 Å². The number of halogens is 1. The standard InChI is InChI=1S/C14H15BrN2O2S2/c1-9-4-6-12(7-5-9)21(18,19)17-16-10(2)14-8-13(15)11(3)20-14/h4-8,17H,1-3H3. The molecule has 0 atom stereocenters. The topological polar surface area (TPSA) is 58.5 Å². The monoisotopic (exact) mass is 386 g/mol. The van der Waals surface area contributed by atoms with Crippen LogP contribution in [0.5, 0.6) is 0 Å². The maximum Gasteiger partial charge on any atom is 0.276 e. The van der Waals surface area contributed by atoms with Crippen molar-refractivity contribution in [3.63, 3.8) is 0 Å². The first-order chi connectivity index (χ1) is 9.79. The van der Waals surface area contributed by atoms with Crippen molar-refractivity contribution in [2.75, 3.05) is 0 Å². The minimum absolute atomic E-state index is 0.202. The van der Waals surface area contributed by atoms with E-state index in [1.54, 1.807) is 42.5 Å². The quantitative estimate of drug-likeness (QED) is 0.640. The summed E-state index contributed by atoms with van der Waals surface area (Å²) < 4.78 is 25.3. The zero-order chi connectivity index (χ0) is 15.6. The largest absolute Gasteiger partial charge is 0.276 e. The van der Waals surface area contributed by atoms with Gasteiger partial charge in [-0.25, -0.2) is 0 Å². The predicted molar refractivity (Wildman–Crippen MR) is 90.5 cm³/mol. The van der Waals surface area contributed by atoms with Gasteiger partial charge in [-0.05, 0) is 54.9 Å². The first-order valence-corrected chi connectivity index (χ1v) is 9.28. The SMILES string of the molecule is CC(=NNS(=O)(=O)c1ccc(C)cc1)c1cc(Br)c(C)s1. The minimum atomic E-state index is -3.63. The van der Waals surface area contributed by atoms with Crippen LogP contribution >= 0.6 is 27.3 Å². The Morgan fingerprint density at radius 3 is 2.38 bits per heavy atom. The number of nitrogens with one attached hydrogen (secondary N) is 1. The molecule has 0 bridgehead atoms. The van der Waals surface area contributed by atoms with Gasteiger partial charge in [-0.1, -0.05) is 17.7 Å². The molecular formula is C14H15BrN2O2S2. The number of nitrogens with zero attached hydrogens (tertiary/aromatic N) is 1. The summed E-state index contributed by atoms with van der Waals surface area (Å²) in [6, 6.07) is 8.57. The Kier molecular flexibility index (Phi) is 4.85. The number of benzene rings is 1. The number of thiophene rings is 1. The summed E-state index contributed by atoms with van der Waals surface area (Å²) in [6.45, 7) is 5.67. The third-order valence-corrected chi connectivity index (χ3v) is 6.35. The van der Waals surface area contributed by atoms with Gasteiger partial charge < -0.3 is 0 Å². The average molecular weight is 387 g/mol. The number of hydrogen-bond donors (Lipinski definition) is 1. The molecule has 1 aromatic heterocycles. The first-order valence-electron chi connectivity index (χ1n) is 6.18. The van der Waals surface area contributed by atoms with Crippen molar-refractivity contribution in [3.8, 4) is 0 Å². The molecule has 0 unspecified atom stereocenters. The van der Waals surface area contributed by atoms with Crippen molar-refractivity contribution in [2.24, 2.45) is 5.10 Å². The highest BCUT2D eigenvalue weighted by molar-refractivity contribution is 9.10. The fraction of sp³-hybridized carbons (Fsp3) is 0.214. The maximum absolute atomic E-state index is 12.1. The van der Waals surface area contributed by atoms with Crippen molar-refractivity contribution in [1.29, 1.82) is 0 Å². The molecule has 2 aromatic rings. The lowest BCUT2D eigenvalue weighted by Gasteiger charge is -2.04. The van der Waals surface area contributed by atoms with Crippen molar-refractivity contribution >= 4 is 43.0 Å². The molecule has 0 saturated heterocycles. The summed E-state index contributed by atoms with van der Waals surface area (Å²) in [5.74, 6) is 0. The lowest BCUT2D eigenvalue weighted by molar-refractivity contribution is 0.584. The van der Waals surface area contributed by atoms with Gasteiger partial charge in [0.2, 0.25) is 0 Å². The van der Waals surface area contributed by atoms with Crippen LogP contribution in [0.15, 0.2) is 44.8 Å². The molecular weight excluding hydrogens is 372 g/mol. The van der Waals surface area contributed by atoms with E-state index in [-0.39, 0.29) is 4.90 Å². The van der Waals surface area contributed by atoms with Gasteiger partial charge in [0, 0.05) is 9.35 Å². The molecule has 7 heteroatoms. The van der Waals surface area contributed by atoms with Gasteiger partial charge >= 0.3 is 0 Å². The first kappa shape index (κ1) is 16.2. The number of sulfonamides is 1. The summed E-state index contributed by atoms with van der Waals surface area (Å²) >= 11 is 4.99. The Morgan fingerprint density at radius 2 is 1.86 bits per heavy atom. The molecule has 0 aliphatic rings. The predicted octanol–water partition coefficient (Wildman–Crippen LogP) is 3.83. The summed E-state index contributed by atoms with van der Waals surface area (Å²) in [6.07, 6.45) is 0. The van der Waals surface area contributed by atoms with Crippen molar-refractivity contribution in [3.05, 3.63) is 50.1 Å². The van der Waals surface area contributed by atoms with Crippen molar-refractivity contribution in [2.45, 2.75) is 25.7 Å². The van der Waals surface area contributed by atoms with E-state index in [1.807, 2.05) is 19.9 Å². The Morgan fingerprint density at radius 1 is 1.24 bits per heavy atom. The van der Waals surface area contributed by atoms with E-state index in [2.05, 4.69) is 25.9 Å². The van der Waals surface area contributed by atoms with E-state index in [0.29, 0.717) is 5.71 Å². The van der Waals surface area contributed by atoms with Crippen LogP contribution in [0.3, 0.4) is 0 Å². The van der Waals surface area contributed by atoms with E-state index in [4.69, 9.17) is 0 Å². The Labute approximate surface area is 137 Å². The number of rotatable bonds is 4. The van der Waals surface area contributed by atoms with E-state index in [0.717, 1.165) is 19.8 Å². The Balaban J connectivity index is 2.20. The van der Waals surface area contributed by atoms with Crippen LogP contribution < -0.4 is 4.83 Å². The van der Waals surface area contributed by atoms with Gasteiger partial charge in [0.25, 0.3) is 10.0 Å². The molecule has 2 rings (SSSR count). The van der Waals surface area contributed by atoms with Gasteiger partial charge in [0.15, 0.2) is 0 Å². The van der Waals surface area contributed by atoms with Gasteiger partial charge in [-0.3, -0.25) is 0 Å². The van der Waals surface area contributed by atoms with E-state index in [1.165, 1.54) is 0 Å². The normalized spacial score (nSPS) is 12.5. The smallest absolute Gasteiger partial charge is 0.200 e. The Hall–Kier alpha value is -1.18. The van der Waals surface area contributed by atoms with E-state index >= 15 is 0 Å². The molecule has 0 radical (unpaired) electrons. The molecule has 0 aliphatic carbocycles. The van der Waals surface area contributed by atoms with Gasteiger partial charge in [-0.2, -0.15) is 18.4 Å². The molecule has 0 spiro atoms. The molecule has 1 heterocycles. The average Bonchev–Trinajstić information content (AvgIpc) is 2.77. The molecule has 112 valence electrons. The highest BCUT2D eigenvalue weighted by atomic mass is 79.9. The second-order valence-electron chi connectivity index (χ2n) is 4.62. The van der Waals surface area contributed by atoms with Crippen LogP contribution in [0.2, 0.25) is 0 Å². The zero-order valence-corrected chi connectivity index (χ0v) is 15.1. The van der Waals surface area contributed by atoms with Crippen LogP contribution in [0, 0.1) is 13.8 Å². The fourth-order valence-electron chi connectivity index (χ4n) is 1.59. The number of hydrogen-bond acceptors (Lipinski definition) is 4. The third-order valence-electron chi connectivity index (χ3n) is 2.88. The second-order valence-corrected chi connectivity index (χ2v) is 8.39. The summed E-state index contributed by atoms with van der Waals surface area (Å²) in [5, 5.41) is 3.99. The molecule has 0 fully saturated rings. The summed E-state index contributed by atoms with van der Waals surface area (Å²) in [4.78, 5) is 4.52. The van der Waals surface area contributed by atoms with Crippen LogP contribution in [-0.2, 0) is 10.0 Å². The Bertz CT molecular complexity index is 758. The van der Waals surface area contributed by atoms with Crippen LogP contribution in [0.4, 0.5) is 0 Å². The number of aryl methyl sites for hydroxylation is 2. The van der Waals surface area contributed by atoms with Crippen LogP contribution in [-0.4, -0.2) is 14.1 Å². The maximum atomic E-state index is 12.1. The van der Waals surface area contributed by atoms with E-state index < -0.39 is 10.0 Å². The summed E-state index contributed by atoms with van der Waals surface area (Å²) in [7, 11) is -3.63. The van der Waals surface area contributed by atoms with Crippen molar-refractivity contribution in [1.82, 2.24) is 4.83 Å². The molecule has 21 heavy (non-hydrogen) atoms. The minimum Gasteiger partial charge on any atom is -0.200 e.